The van der Waals surface area contributed by atoms with Gasteiger partial charge in [-0.05, 0) is 36.6 Å². The molecule has 1 aliphatic rings. The summed E-state index contributed by atoms with van der Waals surface area (Å²) >= 11 is 0. The minimum absolute atomic E-state index is 0.116. The topological polar surface area (TPSA) is 44.5 Å². The third-order valence-electron chi connectivity index (χ3n) is 4.20. The van der Waals surface area contributed by atoms with E-state index in [0.717, 1.165) is 17.9 Å². The second kappa shape index (κ2) is 5.41. The summed E-state index contributed by atoms with van der Waals surface area (Å²) in [4.78, 5) is 0. The fourth-order valence-corrected chi connectivity index (χ4v) is 2.84. The van der Waals surface area contributed by atoms with Crippen molar-refractivity contribution in [1.82, 2.24) is 0 Å². The zero-order chi connectivity index (χ0) is 14.9. The van der Waals surface area contributed by atoms with Gasteiger partial charge in [0.15, 0.2) is 11.5 Å². The van der Waals surface area contributed by atoms with Gasteiger partial charge in [0.05, 0.1) is 0 Å². The van der Waals surface area contributed by atoms with Crippen LogP contribution in [0.5, 0.6) is 11.5 Å². The maximum absolute atomic E-state index is 6.10. The molecule has 110 valence electrons. The van der Waals surface area contributed by atoms with Crippen molar-refractivity contribution < 1.29 is 9.47 Å². The van der Waals surface area contributed by atoms with Gasteiger partial charge in [-0.15, -0.1) is 0 Å². The van der Waals surface area contributed by atoms with Crippen LogP contribution in [0.2, 0.25) is 0 Å². The van der Waals surface area contributed by atoms with Crippen LogP contribution in [-0.4, -0.2) is 13.3 Å². The van der Waals surface area contributed by atoms with Crippen molar-refractivity contribution in [2.75, 3.05) is 13.3 Å². The summed E-state index contributed by atoms with van der Waals surface area (Å²) in [6, 6.07) is 14.7. The van der Waals surface area contributed by atoms with Crippen LogP contribution in [0, 0.1) is 6.92 Å². The summed E-state index contributed by atoms with van der Waals surface area (Å²) < 4.78 is 10.9. The second-order valence-corrected chi connectivity index (χ2v) is 6.00. The quantitative estimate of drug-likeness (QED) is 0.937. The molecule has 0 aliphatic carbocycles. The highest BCUT2D eigenvalue weighted by Crippen LogP contribution is 2.37. The average molecular weight is 283 g/mol. The van der Waals surface area contributed by atoms with Crippen LogP contribution in [0.3, 0.4) is 0 Å². The van der Waals surface area contributed by atoms with E-state index in [1.165, 1.54) is 16.7 Å². The van der Waals surface area contributed by atoms with Gasteiger partial charge in [-0.2, -0.15) is 0 Å². The zero-order valence-electron chi connectivity index (χ0n) is 12.6. The Morgan fingerprint density at radius 3 is 2.67 bits per heavy atom. The van der Waals surface area contributed by atoms with Gasteiger partial charge >= 0.3 is 0 Å². The van der Waals surface area contributed by atoms with Gasteiger partial charge in [0.2, 0.25) is 6.79 Å². The number of fused-ring (bicyclic) bond motifs is 1. The average Bonchev–Trinajstić information content (AvgIpc) is 2.94. The van der Waals surface area contributed by atoms with Crippen LogP contribution < -0.4 is 15.2 Å². The maximum atomic E-state index is 6.10. The summed E-state index contributed by atoms with van der Waals surface area (Å²) in [6.07, 6.45) is 0.908. The molecule has 2 aromatic carbocycles. The van der Waals surface area contributed by atoms with Crippen molar-refractivity contribution in [3.63, 3.8) is 0 Å². The Morgan fingerprint density at radius 1 is 1.10 bits per heavy atom. The highest BCUT2D eigenvalue weighted by molar-refractivity contribution is 5.47. The first-order valence-electron chi connectivity index (χ1n) is 7.26. The van der Waals surface area contributed by atoms with Gasteiger partial charge < -0.3 is 15.2 Å². The maximum Gasteiger partial charge on any atom is 0.231 e. The van der Waals surface area contributed by atoms with E-state index in [1.807, 2.05) is 6.07 Å². The standard InChI is InChI=1S/C18H21NO2/c1-13-4-3-5-14(8-13)10-18(2,11-19)15-6-7-16-17(9-15)21-12-20-16/h3-9H,10-12,19H2,1-2H3. The van der Waals surface area contributed by atoms with Crippen molar-refractivity contribution in [1.29, 1.82) is 0 Å². The second-order valence-electron chi connectivity index (χ2n) is 6.00. The number of aryl methyl sites for hydroxylation is 1. The van der Waals surface area contributed by atoms with E-state index in [4.69, 9.17) is 15.2 Å². The first-order chi connectivity index (χ1) is 10.1. The molecule has 1 heterocycles. The summed E-state index contributed by atoms with van der Waals surface area (Å²) in [5.74, 6) is 1.63. The molecule has 0 bridgehead atoms. The Bertz CT molecular complexity index is 653. The highest BCUT2D eigenvalue weighted by atomic mass is 16.7. The summed E-state index contributed by atoms with van der Waals surface area (Å²) in [5.41, 5.74) is 9.75. The summed E-state index contributed by atoms with van der Waals surface area (Å²) in [6.45, 7) is 5.20. The molecule has 3 rings (SSSR count). The molecule has 0 fully saturated rings. The third-order valence-corrected chi connectivity index (χ3v) is 4.20. The van der Waals surface area contributed by atoms with E-state index in [0.29, 0.717) is 13.3 Å². The van der Waals surface area contributed by atoms with Crippen LogP contribution in [0.25, 0.3) is 0 Å². The Kier molecular flexibility index (Phi) is 3.60. The number of rotatable bonds is 4. The molecule has 0 saturated heterocycles. The van der Waals surface area contributed by atoms with Crippen LogP contribution >= 0.6 is 0 Å². The molecule has 1 aliphatic heterocycles. The van der Waals surface area contributed by atoms with Gasteiger partial charge in [-0.1, -0.05) is 42.8 Å². The van der Waals surface area contributed by atoms with Crippen molar-refractivity contribution in [3.8, 4) is 11.5 Å². The molecule has 0 aromatic heterocycles. The van der Waals surface area contributed by atoms with E-state index in [9.17, 15) is 0 Å². The molecule has 21 heavy (non-hydrogen) atoms. The molecule has 0 saturated carbocycles. The van der Waals surface area contributed by atoms with Crippen molar-refractivity contribution >= 4 is 0 Å². The lowest BCUT2D eigenvalue weighted by atomic mass is 9.77. The predicted octanol–water partition coefficient (Wildman–Crippen LogP) is 3.18. The lowest BCUT2D eigenvalue weighted by Crippen LogP contribution is -2.34. The van der Waals surface area contributed by atoms with Crippen LogP contribution in [0.15, 0.2) is 42.5 Å². The summed E-state index contributed by atoms with van der Waals surface area (Å²) in [7, 11) is 0. The molecule has 3 nitrogen and oxygen atoms in total. The number of hydrogen-bond donors (Lipinski definition) is 1. The molecule has 0 radical (unpaired) electrons. The number of benzene rings is 2. The first-order valence-corrected chi connectivity index (χ1v) is 7.26. The van der Waals surface area contributed by atoms with Crippen LogP contribution in [0.4, 0.5) is 0 Å². The van der Waals surface area contributed by atoms with E-state index < -0.39 is 0 Å². The number of nitrogens with two attached hydrogens (primary N) is 1. The molecule has 2 N–H and O–H groups in total. The largest absolute Gasteiger partial charge is 0.454 e. The van der Waals surface area contributed by atoms with E-state index >= 15 is 0 Å². The smallest absolute Gasteiger partial charge is 0.231 e. The minimum atomic E-state index is -0.116. The van der Waals surface area contributed by atoms with Crippen molar-refractivity contribution in [2.24, 2.45) is 5.73 Å². The first kappa shape index (κ1) is 14.0. The Morgan fingerprint density at radius 2 is 1.90 bits per heavy atom. The fraction of sp³-hybridized carbons (Fsp3) is 0.333. The molecule has 2 aromatic rings. The van der Waals surface area contributed by atoms with Crippen molar-refractivity contribution in [3.05, 3.63) is 59.2 Å². The number of ether oxygens (including phenoxy) is 2. The molecule has 0 amide bonds. The molecular weight excluding hydrogens is 262 g/mol. The van der Waals surface area contributed by atoms with Crippen LogP contribution in [-0.2, 0) is 11.8 Å². The molecule has 1 unspecified atom stereocenters. The van der Waals surface area contributed by atoms with Crippen molar-refractivity contribution in [2.45, 2.75) is 25.7 Å². The predicted molar refractivity (Wildman–Crippen MR) is 83.9 cm³/mol. The van der Waals surface area contributed by atoms with Gasteiger partial charge in [0.1, 0.15) is 0 Å². The SMILES string of the molecule is Cc1cccc(CC(C)(CN)c2ccc3c(c2)OCO3)c1. The minimum Gasteiger partial charge on any atom is -0.454 e. The summed E-state index contributed by atoms with van der Waals surface area (Å²) in [5, 5.41) is 0. The number of hydrogen-bond acceptors (Lipinski definition) is 3. The third kappa shape index (κ3) is 2.74. The van der Waals surface area contributed by atoms with E-state index in [-0.39, 0.29) is 5.41 Å². The molecule has 1 atom stereocenters. The zero-order valence-corrected chi connectivity index (χ0v) is 12.6. The molecular formula is C18H21NO2. The Balaban J connectivity index is 1.92. The fourth-order valence-electron chi connectivity index (χ4n) is 2.84. The lowest BCUT2D eigenvalue weighted by molar-refractivity contribution is 0.174. The Hall–Kier alpha value is -2.00. The van der Waals surface area contributed by atoms with Gasteiger partial charge in [-0.3, -0.25) is 0 Å². The highest BCUT2D eigenvalue weighted by Gasteiger charge is 2.27. The Labute approximate surface area is 125 Å². The molecule has 3 heteroatoms. The van der Waals surface area contributed by atoms with E-state index in [2.05, 4.69) is 50.2 Å². The lowest BCUT2D eigenvalue weighted by Gasteiger charge is -2.29. The monoisotopic (exact) mass is 283 g/mol. The van der Waals surface area contributed by atoms with Gasteiger partial charge in [-0.25, -0.2) is 0 Å². The molecule has 0 spiro atoms. The normalized spacial score (nSPS) is 15.8. The van der Waals surface area contributed by atoms with E-state index in [1.54, 1.807) is 0 Å². The van der Waals surface area contributed by atoms with Gasteiger partial charge in [0, 0.05) is 12.0 Å². The van der Waals surface area contributed by atoms with Gasteiger partial charge in [0.25, 0.3) is 0 Å². The van der Waals surface area contributed by atoms with Crippen LogP contribution in [0.1, 0.15) is 23.6 Å².